The van der Waals surface area contributed by atoms with Gasteiger partial charge in [-0.2, -0.15) is 0 Å². The molecule has 0 radical (unpaired) electrons. The molecule has 0 saturated carbocycles. The van der Waals surface area contributed by atoms with Crippen molar-refractivity contribution < 1.29 is 13.6 Å². The highest BCUT2D eigenvalue weighted by molar-refractivity contribution is 5.94. The lowest BCUT2D eigenvalue weighted by molar-refractivity contribution is 0.0944. The van der Waals surface area contributed by atoms with Crippen molar-refractivity contribution >= 4 is 5.91 Å². The molecule has 0 aliphatic heterocycles. The smallest absolute Gasteiger partial charge is 0.254 e. The van der Waals surface area contributed by atoms with Crippen LogP contribution >= 0.6 is 0 Å². The summed E-state index contributed by atoms with van der Waals surface area (Å²) in [6, 6.07) is 4.77. The first kappa shape index (κ1) is 10.4. The Labute approximate surface area is 91.1 Å². The Morgan fingerprint density at radius 1 is 1.50 bits per heavy atom. The molecule has 0 aliphatic carbocycles. The van der Waals surface area contributed by atoms with E-state index in [2.05, 4.69) is 10.3 Å². The predicted molar refractivity (Wildman–Crippen MR) is 54.1 cm³/mol. The molecule has 1 N–H and O–H groups in total. The summed E-state index contributed by atoms with van der Waals surface area (Å²) in [4.78, 5) is 15.1. The van der Waals surface area contributed by atoms with Crippen LogP contribution in [0.2, 0.25) is 0 Å². The van der Waals surface area contributed by atoms with E-state index in [1.54, 1.807) is 12.1 Å². The minimum Gasteiger partial charge on any atom is -0.467 e. The van der Waals surface area contributed by atoms with E-state index in [-0.39, 0.29) is 12.1 Å². The van der Waals surface area contributed by atoms with Gasteiger partial charge in [-0.1, -0.05) is 0 Å². The number of aromatic nitrogens is 1. The third-order valence-corrected chi connectivity index (χ3v) is 2.02. The average molecular weight is 220 g/mol. The number of furan rings is 1. The van der Waals surface area contributed by atoms with Crippen LogP contribution in [0.4, 0.5) is 4.39 Å². The van der Waals surface area contributed by atoms with Crippen molar-refractivity contribution in [3.05, 3.63) is 54.0 Å². The monoisotopic (exact) mass is 220 g/mol. The lowest BCUT2D eigenvalue weighted by Crippen LogP contribution is -2.23. The van der Waals surface area contributed by atoms with Gasteiger partial charge in [-0.3, -0.25) is 9.78 Å². The van der Waals surface area contributed by atoms with Gasteiger partial charge in [0.05, 0.1) is 24.6 Å². The summed E-state index contributed by atoms with van der Waals surface area (Å²) >= 11 is 0. The van der Waals surface area contributed by atoms with E-state index in [0.717, 1.165) is 6.20 Å². The van der Waals surface area contributed by atoms with Gasteiger partial charge in [0.25, 0.3) is 5.91 Å². The third kappa shape index (κ3) is 2.25. The molecule has 16 heavy (non-hydrogen) atoms. The maximum Gasteiger partial charge on any atom is 0.254 e. The normalized spacial score (nSPS) is 10.1. The molecule has 0 bridgehead atoms. The summed E-state index contributed by atoms with van der Waals surface area (Å²) < 4.78 is 18.2. The SMILES string of the molecule is O=C(NCc1ccco1)c1ccncc1F. The molecule has 2 heterocycles. The minimum atomic E-state index is -0.639. The number of hydrogen-bond acceptors (Lipinski definition) is 3. The number of rotatable bonds is 3. The maximum absolute atomic E-state index is 13.2. The van der Waals surface area contributed by atoms with Crippen molar-refractivity contribution in [3.63, 3.8) is 0 Å². The van der Waals surface area contributed by atoms with Crippen LogP contribution < -0.4 is 5.32 Å². The molecule has 0 unspecified atom stereocenters. The summed E-state index contributed by atoms with van der Waals surface area (Å²) in [6.07, 6.45) is 3.88. The topological polar surface area (TPSA) is 55.1 Å². The van der Waals surface area contributed by atoms with Crippen LogP contribution in [-0.2, 0) is 6.54 Å². The van der Waals surface area contributed by atoms with Gasteiger partial charge in [0.2, 0.25) is 0 Å². The van der Waals surface area contributed by atoms with Gasteiger partial charge >= 0.3 is 0 Å². The standard InChI is InChI=1S/C11H9FN2O2/c12-10-7-13-4-3-9(10)11(15)14-6-8-2-1-5-16-8/h1-5,7H,6H2,(H,14,15). The molecule has 0 spiro atoms. The van der Waals surface area contributed by atoms with Gasteiger partial charge < -0.3 is 9.73 Å². The fourth-order valence-electron chi connectivity index (χ4n) is 1.24. The Kier molecular flexibility index (Phi) is 2.95. The van der Waals surface area contributed by atoms with E-state index in [0.29, 0.717) is 5.76 Å². The second kappa shape index (κ2) is 4.57. The van der Waals surface area contributed by atoms with Crippen LogP contribution in [-0.4, -0.2) is 10.9 Å². The van der Waals surface area contributed by atoms with Crippen LogP contribution in [0, 0.1) is 5.82 Å². The average Bonchev–Trinajstić information content (AvgIpc) is 2.79. The molecule has 82 valence electrons. The number of carbonyl (C=O) groups excluding carboxylic acids is 1. The predicted octanol–water partition coefficient (Wildman–Crippen LogP) is 1.74. The first-order chi connectivity index (χ1) is 7.77. The highest BCUT2D eigenvalue weighted by Crippen LogP contribution is 2.05. The molecular weight excluding hydrogens is 211 g/mol. The maximum atomic E-state index is 13.2. The van der Waals surface area contributed by atoms with Crippen LogP contribution in [0.15, 0.2) is 41.3 Å². The molecule has 0 atom stereocenters. The van der Waals surface area contributed by atoms with Crippen molar-refractivity contribution in [2.75, 3.05) is 0 Å². The van der Waals surface area contributed by atoms with Crippen molar-refractivity contribution in [1.82, 2.24) is 10.3 Å². The second-order valence-corrected chi connectivity index (χ2v) is 3.12. The zero-order valence-corrected chi connectivity index (χ0v) is 8.31. The number of nitrogens with zero attached hydrogens (tertiary/aromatic N) is 1. The molecule has 5 heteroatoms. The van der Waals surface area contributed by atoms with Crippen molar-refractivity contribution in [1.29, 1.82) is 0 Å². The molecular formula is C11H9FN2O2. The molecule has 2 aromatic heterocycles. The summed E-state index contributed by atoms with van der Waals surface area (Å²) in [5, 5.41) is 2.54. The van der Waals surface area contributed by atoms with Crippen LogP contribution in [0.1, 0.15) is 16.1 Å². The van der Waals surface area contributed by atoms with Gasteiger partial charge in [0, 0.05) is 6.20 Å². The molecule has 0 saturated heterocycles. The number of carbonyl (C=O) groups is 1. The number of amides is 1. The minimum absolute atomic E-state index is 0.0263. The van der Waals surface area contributed by atoms with Crippen LogP contribution in [0.25, 0.3) is 0 Å². The van der Waals surface area contributed by atoms with E-state index in [1.165, 1.54) is 18.5 Å². The Morgan fingerprint density at radius 2 is 2.38 bits per heavy atom. The Bertz CT molecular complexity index is 482. The lowest BCUT2D eigenvalue weighted by Gasteiger charge is -2.03. The highest BCUT2D eigenvalue weighted by Gasteiger charge is 2.10. The zero-order chi connectivity index (χ0) is 11.4. The number of hydrogen-bond donors (Lipinski definition) is 1. The summed E-state index contributed by atoms with van der Waals surface area (Å²) in [7, 11) is 0. The van der Waals surface area contributed by atoms with Crippen LogP contribution in [0.3, 0.4) is 0 Å². The van der Waals surface area contributed by atoms with E-state index >= 15 is 0 Å². The van der Waals surface area contributed by atoms with Gasteiger partial charge in [0.1, 0.15) is 5.76 Å². The first-order valence-electron chi connectivity index (χ1n) is 4.67. The summed E-state index contributed by atoms with van der Waals surface area (Å²) in [5.74, 6) is -0.515. The van der Waals surface area contributed by atoms with E-state index in [4.69, 9.17) is 4.42 Å². The van der Waals surface area contributed by atoms with E-state index in [9.17, 15) is 9.18 Å². The molecule has 2 rings (SSSR count). The number of nitrogens with one attached hydrogen (secondary N) is 1. The highest BCUT2D eigenvalue weighted by atomic mass is 19.1. The zero-order valence-electron chi connectivity index (χ0n) is 8.31. The molecule has 0 aromatic carbocycles. The quantitative estimate of drug-likeness (QED) is 0.857. The largest absolute Gasteiger partial charge is 0.467 e. The summed E-state index contributed by atoms with van der Waals surface area (Å²) in [6.45, 7) is 0.230. The van der Waals surface area contributed by atoms with Crippen molar-refractivity contribution in [2.45, 2.75) is 6.54 Å². The van der Waals surface area contributed by atoms with Crippen molar-refractivity contribution in [3.8, 4) is 0 Å². The van der Waals surface area contributed by atoms with Crippen LogP contribution in [0.5, 0.6) is 0 Å². The number of halogens is 1. The number of pyridine rings is 1. The fourth-order valence-corrected chi connectivity index (χ4v) is 1.24. The third-order valence-electron chi connectivity index (χ3n) is 2.02. The van der Waals surface area contributed by atoms with Gasteiger partial charge in [0.15, 0.2) is 5.82 Å². The van der Waals surface area contributed by atoms with Gasteiger partial charge in [-0.15, -0.1) is 0 Å². The van der Waals surface area contributed by atoms with E-state index < -0.39 is 11.7 Å². The molecule has 0 aliphatic rings. The van der Waals surface area contributed by atoms with Gasteiger partial charge in [-0.25, -0.2) is 4.39 Å². The van der Waals surface area contributed by atoms with Crippen molar-refractivity contribution in [2.24, 2.45) is 0 Å². The fraction of sp³-hybridized carbons (Fsp3) is 0.0909. The lowest BCUT2D eigenvalue weighted by atomic mass is 10.2. The second-order valence-electron chi connectivity index (χ2n) is 3.12. The van der Waals surface area contributed by atoms with E-state index in [1.807, 2.05) is 0 Å². The Morgan fingerprint density at radius 3 is 3.06 bits per heavy atom. The molecule has 4 nitrogen and oxygen atoms in total. The molecule has 0 fully saturated rings. The van der Waals surface area contributed by atoms with Gasteiger partial charge in [-0.05, 0) is 18.2 Å². The summed E-state index contributed by atoms with van der Waals surface area (Å²) in [5.41, 5.74) is -0.0263. The molecule has 1 amide bonds. The Balaban J connectivity index is 2.01. The first-order valence-corrected chi connectivity index (χ1v) is 4.67. The Hall–Kier alpha value is -2.17. The molecule has 2 aromatic rings.